The van der Waals surface area contributed by atoms with Crippen LogP contribution in [-0.2, 0) is 9.53 Å². The maximum absolute atomic E-state index is 13.5. The van der Waals surface area contributed by atoms with E-state index in [0.29, 0.717) is 0 Å². The highest BCUT2D eigenvalue weighted by Gasteiger charge is 2.40. The van der Waals surface area contributed by atoms with Crippen LogP contribution in [0.2, 0.25) is 0 Å². The molecule has 0 amide bonds. The van der Waals surface area contributed by atoms with E-state index in [1.54, 1.807) is 0 Å². The van der Waals surface area contributed by atoms with E-state index in [1.807, 2.05) is 0 Å². The van der Waals surface area contributed by atoms with Crippen molar-refractivity contribution >= 4 is 31.2 Å². The molecule has 0 aromatic heterocycles. The fourth-order valence-electron chi connectivity index (χ4n) is 1.13. The van der Waals surface area contributed by atoms with E-state index in [0.717, 1.165) is 0 Å². The zero-order valence-electron chi connectivity index (χ0n) is 6.77. The Morgan fingerprint density at radius 3 is 3.00 bits per heavy atom. The topological polar surface area (TPSA) is 38.3 Å². The lowest BCUT2D eigenvalue weighted by molar-refractivity contribution is -0.142. The van der Waals surface area contributed by atoms with Gasteiger partial charge in [0.1, 0.15) is 6.04 Å². The second kappa shape index (κ2) is 3.78. The lowest BCUT2D eigenvalue weighted by atomic mass is 10.2. The monoisotopic (exact) mass is 287 g/mol. The molecule has 70 valence electrons. The molecular weight excluding hydrogens is 276 g/mol. The summed E-state index contributed by atoms with van der Waals surface area (Å²) in [6.45, 7) is 0.240. The number of methoxy groups -OCH3 is 1. The molecule has 1 rings (SSSR count). The van der Waals surface area contributed by atoms with Gasteiger partial charge in [-0.3, -0.25) is 4.79 Å². The summed E-state index contributed by atoms with van der Waals surface area (Å²) < 4.78 is 20.4. The molecule has 1 aliphatic heterocycles. The van der Waals surface area contributed by atoms with E-state index in [4.69, 9.17) is 0 Å². The van der Waals surface area contributed by atoms with Gasteiger partial charge in [0, 0.05) is 13.0 Å². The molecule has 0 aromatic rings. The van der Waals surface area contributed by atoms with Crippen LogP contribution in [0.15, 0.2) is 0 Å². The number of carbonyl (C=O) groups is 1. The highest BCUT2D eigenvalue weighted by atomic mass is 127. The molecule has 5 heteroatoms. The molecule has 1 saturated heterocycles. The van der Waals surface area contributed by atoms with Crippen LogP contribution in [0.25, 0.3) is 0 Å². The zero-order valence-corrected chi connectivity index (χ0v) is 8.93. The van der Waals surface area contributed by atoms with Crippen LogP contribution in [0.3, 0.4) is 0 Å². The first kappa shape index (κ1) is 10.0. The smallest absolute Gasteiger partial charge is 0.323 e. The van der Waals surface area contributed by atoms with Crippen molar-refractivity contribution in [2.24, 2.45) is 0 Å². The minimum atomic E-state index is -1.22. The Bertz CT molecular complexity index is 212. The lowest BCUT2D eigenvalue weighted by Gasteiger charge is -2.10. The number of esters is 1. The second-order valence-corrected chi connectivity index (χ2v) is 5.35. The molecule has 12 heavy (non-hydrogen) atoms. The fourth-order valence-corrected chi connectivity index (χ4v) is 2.37. The van der Waals surface area contributed by atoms with Gasteiger partial charge in [0.2, 0.25) is 0 Å². The van der Waals surface area contributed by atoms with Crippen LogP contribution in [0, 0.1) is 0 Å². The number of nitrogens with one attached hydrogen (secondary N) is 1. The predicted octanol–water partition coefficient (Wildman–Crippen LogP) is 0.590. The summed E-state index contributed by atoms with van der Waals surface area (Å²) in [4.78, 5) is 11.0. The predicted molar refractivity (Wildman–Crippen MR) is 53.4 cm³/mol. The number of rotatable bonds is 2. The molecule has 1 N–H and O–H groups in total. The van der Waals surface area contributed by atoms with E-state index in [-0.39, 0.29) is 18.9 Å². The molecular formula is C7H11FINO2. The zero-order chi connectivity index (χ0) is 9.19. The van der Waals surface area contributed by atoms with Crippen molar-refractivity contribution in [2.45, 2.75) is 16.1 Å². The van der Waals surface area contributed by atoms with Crippen LogP contribution in [0.1, 0.15) is 6.42 Å². The molecule has 1 heterocycles. The molecule has 1 fully saturated rings. The van der Waals surface area contributed by atoms with Crippen LogP contribution in [-0.4, -0.2) is 33.9 Å². The number of alkyl halides is 2. The van der Waals surface area contributed by atoms with E-state index in [9.17, 15) is 9.18 Å². The number of hydrogen-bond donors (Lipinski definition) is 1. The minimum Gasteiger partial charge on any atom is -0.468 e. The van der Waals surface area contributed by atoms with Gasteiger partial charge in [0.15, 0.2) is 3.68 Å². The minimum absolute atomic E-state index is 0.219. The van der Waals surface area contributed by atoms with Gasteiger partial charge in [-0.2, -0.15) is 0 Å². The Hall–Kier alpha value is -0.0400. The fraction of sp³-hybridized carbons (Fsp3) is 0.714. The first-order valence-electron chi connectivity index (χ1n) is 3.51. The van der Waals surface area contributed by atoms with Gasteiger partial charge in [-0.25, -0.2) is 4.39 Å². The largest absolute Gasteiger partial charge is 0.468 e. The van der Waals surface area contributed by atoms with Crippen LogP contribution in [0.4, 0.5) is 4.39 Å². The van der Waals surface area contributed by atoms with E-state index in [1.165, 1.54) is 7.11 Å². The van der Waals surface area contributed by atoms with Crippen molar-refractivity contribution in [3.8, 4) is 0 Å². The molecule has 0 radical (unpaired) electrons. The Balaban J connectivity index is 2.56. The van der Waals surface area contributed by atoms with Gasteiger partial charge in [-0.1, -0.05) is 25.2 Å². The summed E-state index contributed by atoms with van der Waals surface area (Å²) in [5, 5.41) is 2.79. The molecule has 1 aliphatic rings. The molecule has 0 bridgehead atoms. The molecule has 0 aliphatic carbocycles. The van der Waals surface area contributed by atoms with Crippen molar-refractivity contribution < 1.29 is 13.9 Å². The maximum atomic E-state index is 13.5. The third kappa shape index (κ3) is 2.01. The van der Waals surface area contributed by atoms with E-state index >= 15 is 0 Å². The van der Waals surface area contributed by atoms with Crippen molar-refractivity contribution in [3.63, 3.8) is 0 Å². The summed E-state index contributed by atoms with van der Waals surface area (Å²) in [5.41, 5.74) is 0. The Morgan fingerprint density at radius 2 is 2.58 bits per heavy atom. The Labute approximate surface area is 80.4 Å². The molecule has 2 atom stereocenters. The third-order valence-corrected chi connectivity index (χ3v) is 4.02. The van der Waals surface area contributed by atoms with Gasteiger partial charge in [-0.15, -0.1) is 0 Å². The first-order chi connectivity index (χ1) is 5.61. The Morgan fingerprint density at radius 1 is 1.92 bits per heavy atom. The molecule has 2 unspecified atom stereocenters. The van der Waals surface area contributed by atoms with Crippen molar-refractivity contribution in [1.82, 2.24) is 5.32 Å². The van der Waals surface area contributed by atoms with E-state index < -0.39 is 30.4 Å². The summed E-state index contributed by atoms with van der Waals surface area (Å²) in [6.07, 6.45) is 0.219. The molecule has 0 saturated carbocycles. The highest BCUT2D eigenvalue weighted by Crippen LogP contribution is 2.34. The SMILES string of the molecule is C=IC1(F)CNC(C(=O)OC)C1. The average Bonchev–Trinajstić information content (AvgIpc) is 2.48. The van der Waals surface area contributed by atoms with Crippen LogP contribution in [0.5, 0.6) is 0 Å². The first-order valence-corrected chi connectivity index (χ1v) is 6.11. The highest BCUT2D eigenvalue weighted by molar-refractivity contribution is 14.2. The van der Waals surface area contributed by atoms with Gasteiger partial charge in [-0.05, 0) is 0 Å². The average molecular weight is 287 g/mol. The third-order valence-electron chi connectivity index (χ3n) is 1.84. The lowest BCUT2D eigenvalue weighted by Crippen LogP contribution is -2.31. The molecule has 3 nitrogen and oxygen atoms in total. The number of carbonyl (C=O) groups excluding carboxylic acids is 1. The van der Waals surface area contributed by atoms with Crippen molar-refractivity contribution in [3.05, 3.63) is 0 Å². The second-order valence-electron chi connectivity index (χ2n) is 2.65. The van der Waals surface area contributed by atoms with E-state index in [2.05, 4.69) is 14.6 Å². The Kier molecular flexibility index (Phi) is 3.16. The van der Waals surface area contributed by atoms with Crippen LogP contribution >= 0.6 is 20.7 Å². The summed E-state index contributed by atoms with van der Waals surface area (Å²) in [5.74, 6) is -0.382. The quantitative estimate of drug-likeness (QED) is 0.459. The summed E-state index contributed by atoms with van der Waals surface area (Å²) in [6, 6.07) is -0.471. The normalized spacial score (nSPS) is 35.0. The standard InChI is InChI=1S/C7H11FINO2/c1-9-7(8)3-5(10-4-7)6(11)12-2/h5,10H,1,3-4H2,2H3. The number of halogens is 2. The summed E-state index contributed by atoms with van der Waals surface area (Å²) in [7, 11) is 1.31. The molecule has 0 aromatic carbocycles. The molecule has 0 spiro atoms. The maximum Gasteiger partial charge on any atom is 0.323 e. The van der Waals surface area contributed by atoms with Gasteiger partial charge >= 0.3 is 5.97 Å². The van der Waals surface area contributed by atoms with Crippen molar-refractivity contribution in [2.75, 3.05) is 13.7 Å². The number of hydrogen-bond acceptors (Lipinski definition) is 3. The number of ether oxygens (including phenoxy) is 1. The van der Waals surface area contributed by atoms with Crippen LogP contribution < -0.4 is 5.32 Å². The van der Waals surface area contributed by atoms with Gasteiger partial charge in [0.25, 0.3) is 0 Å². The van der Waals surface area contributed by atoms with Gasteiger partial charge < -0.3 is 10.1 Å². The van der Waals surface area contributed by atoms with Gasteiger partial charge in [0.05, 0.1) is 7.11 Å². The summed E-state index contributed by atoms with van der Waals surface area (Å²) >= 11 is -0.725. The van der Waals surface area contributed by atoms with Crippen molar-refractivity contribution in [1.29, 1.82) is 0 Å².